The average Bonchev–Trinajstić information content (AvgIpc) is 3.65. The minimum atomic E-state index is -0.113. The number of rotatable bonds is 4. The number of anilines is 6. The molecule has 352 valence electrons. The molecule has 0 unspecified atom stereocenters. The third-order valence-corrected chi connectivity index (χ3v) is 15.8. The zero-order chi connectivity index (χ0) is 49.7. The lowest BCUT2D eigenvalue weighted by Crippen LogP contribution is -2.57. The van der Waals surface area contributed by atoms with Gasteiger partial charge in [0.2, 0.25) is 0 Å². The van der Waals surface area contributed by atoms with Gasteiger partial charge in [-0.1, -0.05) is 162 Å². The van der Waals surface area contributed by atoms with Crippen LogP contribution in [0.25, 0.3) is 54.5 Å². The van der Waals surface area contributed by atoms with Crippen molar-refractivity contribution < 1.29 is 0 Å². The summed E-state index contributed by atoms with van der Waals surface area (Å²) < 4.78 is 2.76. The molecule has 0 saturated carbocycles. The summed E-state index contributed by atoms with van der Waals surface area (Å²) in [6.07, 6.45) is 0. The van der Waals surface area contributed by atoms with E-state index in [2.05, 4.69) is 268 Å². The van der Waals surface area contributed by atoms with E-state index in [9.17, 15) is 0 Å². The van der Waals surface area contributed by atoms with Crippen LogP contribution in [-0.4, -0.2) is 11.3 Å². The molecule has 1 aromatic heterocycles. The smallest absolute Gasteiger partial charge is 0.333 e. The molecule has 4 heteroatoms. The first-order valence-electron chi connectivity index (χ1n) is 25.8. The second-order valence-corrected chi connectivity index (χ2v) is 24.8. The van der Waals surface area contributed by atoms with E-state index in [1.807, 2.05) is 0 Å². The van der Waals surface area contributed by atoms with E-state index in [4.69, 9.17) is 0 Å². The Hall–Kier alpha value is -7.04. The highest BCUT2D eigenvalue weighted by Gasteiger charge is 2.45. The van der Waals surface area contributed by atoms with Crippen LogP contribution >= 0.6 is 0 Å². The number of hydrogen-bond acceptors (Lipinski definition) is 2. The van der Waals surface area contributed by atoms with Gasteiger partial charge in [0.1, 0.15) is 0 Å². The molecule has 0 radical (unpaired) electrons. The zero-order valence-electron chi connectivity index (χ0n) is 44.0. The zero-order valence-corrected chi connectivity index (χ0v) is 44.0. The molecule has 0 fully saturated rings. The van der Waals surface area contributed by atoms with Crippen LogP contribution in [0.3, 0.4) is 0 Å². The predicted octanol–water partition coefficient (Wildman–Crippen LogP) is 17.5. The van der Waals surface area contributed by atoms with Crippen LogP contribution in [0.15, 0.2) is 164 Å². The summed E-state index contributed by atoms with van der Waals surface area (Å²) >= 11 is 0. The molecule has 9 aromatic carbocycles. The summed E-state index contributed by atoms with van der Waals surface area (Å²) in [6.45, 7) is 30.6. The van der Waals surface area contributed by atoms with E-state index in [1.54, 1.807) is 0 Å². The molecular weight excluding hydrogens is 858 g/mol. The van der Waals surface area contributed by atoms with Crippen LogP contribution in [0.1, 0.15) is 111 Å². The molecule has 3 heterocycles. The van der Waals surface area contributed by atoms with Crippen LogP contribution in [0.2, 0.25) is 0 Å². The molecule has 2 aliphatic heterocycles. The fraction of sp³-hybridized carbons (Fsp3) is 0.254. The van der Waals surface area contributed by atoms with Gasteiger partial charge >= 0.3 is 6.85 Å². The molecule has 0 bridgehead atoms. The van der Waals surface area contributed by atoms with Gasteiger partial charge in [-0.2, -0.15) is 0 Å². The van der Waals surface area contributed by atoms with Gasteiger partial charge < -0.3 is 14.3 Å². The van der Waals surface area contributed by atoms with Crippen molar-refractivity contribution in [1.82, 2.24) is 4.48 Å². The number of nitrogens with zero attached hydrogens (tertiary/aromatic N) is 3. The maximum atomic E-state index is 2.76. The Morgan fingerprint density at radius 3 is 1.56 bits per heavy atom. The largest absolute Gasteiger partial charge is 0.375 e. The normalized spacial score (nSPS) is 13.6. The van der Waals surface area contributed by atoms with Crippen LogP contribution in [0.5, 0.6) is 0 Å². The molecule has 0 spiro atoms. The molecule has 10 aromatic rings. The molecule has 3 nitrogen and oxygen atoms in total. The number of aromatic nitrogens is 1. The van der Waals surface area contributed by atoms with Gasteiger partial charge in [-0.15, -0.1) is 0 Å². The monoisotopic (exact) mass is 924 g/mol. The fourth-order valence-corrected chi connectivity index (χ4v) is 11.8. The number of fused-ring (bicyclic) bond motifs is 9. The van der Waals surface area contributed by atoms with E-state index in [1.165, 1.54) is 110 Å². The highest BCUT2D eigenvalue weighted by Crippen LogP contribution is 2.52. The van der Waals surface area contributed by atoms with Crippen LogP contribution < -0.4 is 20.7 Å². The first-order valence-corrected chi connectivity index (χ1v) is 25.8. The molecular formula is C67H66BN3. The van der Waals surface area contributed by atoms with E-state index < -0.39 is 0 Å². The van der Waals surface area contributed by atoms with Crippen molar-refractivity contribution in [3.05, 3.63) is 192 Å². The lowest BCUT2D eigenvalue weighted by Gasteiger charge is -2.43. The van der Waals surface area contributed by atoms with Gasteiger partial charge in [-0.25, -0.2) is 0 Å². The van der Waals surface area contributed by atoms with Gasteiger partial charge in [0, 0.05) is 61.5 Å². The topological polar surface area (TPSA) is 11.4 Å². The van der Waals surface area contributed by atoms with Crippen molar-refractivity contribution in [2.75, 3.05) is 9.80 Å². The quantitative estimate of drug-likeness (QED) is 0.129. The minimum Gasteiger partial charge on any atom is -0.375 e. The van der Waals surface area contributed by atoms with Gasteiger partial charge in [0.05, 0.1) is 0 Å². The van der Waals surface area contributed by atoms with Crippen molar-refractivity contribution in [3.8, 4) is 11.1 Å². The Kier molecular flexibility index (Phi) is 9.84. The molecule has 71 heavy (non-hydrogen) atoms. The Bertz CT molecular complexity index is 3740. The van der Waals surface area contributed by atoms with Gasteiger partial charge in [-0.05, 0) is 179 Å². The lowest BCUT2D eigenvalue weighted by atomic mass is 9.44. The molecule has 0 aliphatic carbocycles. The maximum Gasteiger partial charge on any atom is 0.333 e. The Balaban J connectivity index is 1.31. The molecule has 0 saturated heterocycles. The number of hydrogen-bond donors (Lipinski definition) is 0. The van der Waals surface area contributed by atoms with E-state index in [-0.39, 0.29) is 28.5 Å². The molecule has 12 rings (SSSR count). The van der Waals surface area contributed by atoms with E-state index in [0.29, 0.717) is 0 Å². The fourth-order valence-electron chi connectivity index (χ4n) is 11.8. The summed E-state index contributed by atoms with van der Waals surface area (Å²) in [5.74, 6) is 0. The van der Waals surface area contributed by atoms with E-state index in [0.717, 1.165) is 17.1 Å². The maximum absolute atomic E-state index is 2.76. The standard InChI is InChI=1S/C67H66BN3/c1-41-53-31-43-23-21-20-22-42(43)30-44(53)32-58-62(41)70(51-34-46(65(5,6)7)33-47(35-51)66(8,9)10)60-40-52(69(49-24-16-14-17-25-49)50-26-18-15-19-27-50)39-55-57-38-48(67(11,12)13)37-56-54-36-45(64(2,3)4)28-29-59(54)71(63(56)57)68(58)61(55)60/h14-40H,1-13H3. The Labute approximate surface area is 421 Å². The average molecular weight is 924 g/mol. The van der Waals surface area contributed by atoms with Crippen LogP contribution in [0, 0.1) is 6.92 Å². The third kappa shape index (κ3) is 7.15. The molecule has 0 N–H and O–H groups in total. The van der Waals surface area contributed by atoms with Crippen molar-refractivity contribution in [3.63, 3.8) is 0 Å². The number of aryl methyl sites for hydroxylation is 1. The summed E-state index contributed by atoms with van der Waals surface area (Å²) in [5.41, 5.74) is 21.3. The Morgan fingerprint density at radius 1 is 0.423 bits per heavy atom. The van der Waals surface area contributed by atoms with Crippen molar-refractivity contribution in [2.24, 2.45) is 0 Å². The molecule has 2 aliphatic rings. The van der Waals surface area contributed by atoms with Gasteiger partial charge in [0.25, 0.3) is 0 Å². The van der Waals surface area contributed by atoms with Gasteiger partial charge in [0.15, 0.2) is 0 Å². The van der Waals surface area contributed by atoms with Crippen LogP contribution in [0.4, 0.5) is 34.1 Å². The lowest BCUT2D eigenvalue weighted by molar-refractivity contribution is 0.569. The van der Waals surface area contributed by atoms with Gasteiger partial charge in [-0.3, -0.25) is 0 Å². The van der Waals surface area contributed by atoms with Crippen molar-refractivity contribution in [1.29, 1.82) is 0 Å². The second-order valence-electron chi connectivity index (χ2n) is 24.8. The predicted molar refractivity (Wildman–Crippen MR) is 309 cm³/mol. The first kappa shape index (κ1) is 45.1. The van der Waals surface area contributed by atoms with Crippen LogP contribution in [-0.2, 0) is 21.7 Å². The SMILES string of the molecule is Cc1c2c(cc3cc4ccccc4cc13)B1c3c(cc(N(c4ccccc4)c4ccccc4)cc3N2c2cc(C(C)(C)C)cc(C(C)(C)C)c2)-c2cc(C(C)(C)C)cc3c4cc(C(C)(C)C)ccc4n1c23. The summed E-state index contributed by atoms with van der Waals surface area (Å²) in [4.78, 5) is 5.16. The van der Waals surface area contributed by atoms with E-state index >= 15 is 0 Å². The number of para-hydroxylation sites is 2. The highest BCUT2D eigenvalue weighted by atomic mass is 15.2. The number of benzene rings is 9. The molecule has 0 atom stereocenters. The minimum absolute atomic E-state index is 0.0130. The second kappa shape index (κ2) is 15.5. The molecule has 0 amide bonds. The highest BCUT2D eigenvalue weighted by molar-refractivity contribution is 6.90. The van der Waals surface area contributed by atoms with Crippen molar-refractivity contribution in [2.45, 2.75) is 112 Å². The van der Waals surface area contributed by atoms with Crippen molar-refractivity contribution >= 4 is 95.2 Å². The summed E-state index contributed by atoms with van der Waals surface area (Å²) in [6, 6.07) is 63.2. The summed E-state index contributed by atoms with van der Waals surface area (Å²) in [5, 5.41) is 7.74. The summed E-state index contributed by atoms with van der Waals surface area (Å²) in [7, 11) is 0. The third-order valence-electron chi connectivity index (χ3n) is 15.8. The Morgan fingerprint density at radius 2 is 0.972 bits per heavy atom. The first-order chi connectivity index (χ1) is 33.6.